The van der Waals surface area contributed by atoms with Crippen LogP contribution in [0.2, 0.25) is 0 Å². The molecule has 2 heterocycles. The van der Waals surface area contributed by atoms with Gasteiger partial charge in [-0.1, -0.05) is 30.3 Å². The molecule has 1 N–H and O–H groups in total. The van der Waals surface area contributed by atoms with Crippen molar-refractivity contribution in [1.82, 2.24) is 19.4 Å². The molecule has 0 saturated carbocycles. The molecule has 0 aliphatic carbocycles. The molecule has 25 heavy (non-hydrogen) atoms. The van der Waals surface area contributed by atoms with Crippen LogP contribution in [0.4, 0.5) is 0 Å². The van der Waals surface area contributed by atoms with Gasteiger partial charge in [-0.2, -0.15) is 5.10 Å². The third-order valence-corrected chi connectivity index (χ3v) is 6.14. The first-order valence-electron chi connectivity index (χ1n) is 8.34. The van der Waals surface area contributed by atoms with Gasteiger partial charge in [-0.3, -0.25) is 9.58 Å². The summed E-state index contributed by atoms with van der Waals surface area (Å²) >= 11 is 0. The Kier molecular flexibility index (Phi) is 5.53. The highest BCUT2D eigenvalue weighted by molar-refractivity contribution is 7.89. The maximum Gasteiger partial charge on any atom is 0.244 e. The van der Waals surface area contributed by atoms with Crippen LogP contribution in [0.15, 0.2) is 41.4 Å². The van der Waals surface area contributed by atoms with E-state index in [4.69, 9.17) is 4.74 Å². The van der Waals surface area contributed by atoms with Crippen LogP contribution in [0.25, 0.3) is 0 Å². The molecule has 1 fully saturated rings. The molecule has 1 saturated heterocycles. The maximum atomic E-state index is 12.7. The Hall–Kier alpha value is -1.74. The normalized spacial score (nSPS) is 17.5. The van der Waals surface area contributed by atoms with E-state index in [9.17, 15) is 8.42 Å². The van der Waals surface area contributed by atoms with Gasteiger partial charge in [0.15, 0.2) is 0 Å². The van der Waals surface area contributed by atoms with E-state index >= 15 is 0 Å². The van der Waals surface area contributed by atoms with Crippen LogP contribution >= 0.6 is 0 Å². The van der Waals surface area contributed by atoms with Crippen molar-refractivity contribution in [3.05, 3.63) is 47.8 Å². The summed E-state index contributed by atoms with van der Waals surface area (Å²) in [5.41, 5.74) is 1.71. The highest BCUT2D eigenvalue weighted by Crippen LogP contribution is 2.22. The molecule has 1 aliphatic rings. The SMILES string of the molecule is Cc1c(S(=O)(=O)NC[C@@H](c2ccccc2)N2CCOCC2)cnn1C. The Balaban J connectivity index is 1.79. The fourth-order valence-corrected chi connectivity index (χ4v) is 4.27. The number of aromatic nitrogens is 2. The molecule has 0 unspecified atom stereocenters. The lowest BCUT2D eigenvalue weighted by Gasteiger charge is -2.34. The molecular formula is C17H24N4O3S. The van der Waals surface area contributed by atoms with E-state index in [1.54, 1.807) is 18.7 Å². The number of nitrogens with one attached hydrogen (secondary N) is 1. The van der Waals surface area contributed by atoms with Crippen molar-refractivity contribution in [2.75, 3.05) is 32.8 Å². The molecule has 3 rings (SSSR count). The van der Waals surface area contributed by atoms with Crippen molar-refractivity contribution in [2.24, 2.45) is 7.05 Å². The molecule has 1 aliphatic heterocycles. The molecule has 0 amide bonds. The predicted octanol–water partition coefficient (Wildman–Crippen LogP) is 1.08. The lowest BCUT2D eigenvalue weighted by molar-refractivity contribution is 0.0172. The average Bonchev–Trinajstić information content (AvgIpc) is 2.97. The van der Waals surface area contributed by atoms with Crippen molar-refractivity contribution in [2.45, 2.75) is 17.9 Å². The number of benzene rings is 1. The summed E-state index contributed by atoms with van der Waals surface area (Å²) in [7, 11) is -1.87. The summed E-state index contributed by atoms with van der Waals surface area (Å²) < 4.78 is 35.1. The lowest BCUT2D eigenvalue weighted by atomic mass is 10.1. The van der Waals surface area contributed by atoms with Gasteiger partial charge in [-0.05, 0) is 12.5 Å². The topological polar surface area (TPSA) is 76.5 Å². The Morgan fingerprint density at radius 3 is 2.52 bits per heavy atom. The monoisotopic (exact) mass is 364 g/mol. The van der Waals surface area contributed by atoms with Crippen LogP contribution < -0.4 is 4.72 Å². The predicted molar refractivity (Wildman–Crippen MR) is 94.7 cm³/mol. The second-order valence-electron chi connectivity index (χ2n) is 6.14. The zero-order valence-corrected chi connectivity index (χ0v) is 15.4. The minimum atomic E-state index is -3.60. The third kappa shape index (κ3) is 4.09. The Labute approximate surface area is 148 Å². The quantitative estimate of drug-likeness (QED) is 0.830. The third-order valence-electron chi connectivity index (χ3n) is 4.62. The number of sulfonamides is 1. The second-order valence-corrected chi connectivity index (χ2v) is 7.88. The van der Waals surface area contributed by atoms with E-state index in [1.165, 1.54) is 6.20 Å². The van der Waals surface area contributed by atoms with Crippen molar-refractivity contribution < 1.29 is 13.2 Å². The molecule has 0 bridgehead atoms. The van der Waals surface area contributed by atoms with Crippen LogP contribution in [0.5, 0.6) is 0 Å². The molecular weight excluding hydrogens is 340 g/mol. The number of aryl methyl sites for hydroxylation is 1. The van der Waals surface area contributed by atoms with Crippen molar-refractivity contribution in [3.8, 4) is 0 Å². The van der Waals surface area contributed by atoms with Gasteiger partial charge in [-0.15, -0.1) is 0 Å². The number of morpholine rings is 1. The van der Waals surface area contributed by atoms with Gasteiger partial charge in [0.1, 0.15) is 4.90 Å². The standard InChI is InChI=1S/C17H24N4O3S/c1-14-17(13-18-20(14)2)25(22,23)19-12-16(15-6-4-3-5-7-15)21-8-10-24-11-9-21/h3-7,13,16,19H,8-12H2,1-2H3/t16-/m0/s1. The summed E-state index contributed by atoms with van der Waals surface area (Å²) in [5.74, 6) is 0. The summed E-state index contributed by atoms with van der Waals surface area (Å²) in [5, 5.41) is 4.03. The first kappa shape index (κ1) is 18.1. The first-order valence-corrected chi connectivity index (χ1v) is 9.82. The minimum Gasteiger partial charge on any atom is -0.379 e. The molecule has 136 valence electrons. The number of ether oxygens (including phenoxy) is 1. The van der Waals surface area contributed by atoms with Gasteiger partial charge < -0.3 is 4.74 Å². The second kappa shape index (κ2) is 7.65. The molecule has 0 radical (unpaired) electrons. The fraction of sp³-hybridized carbons (Fsp3) is 0.471. The minimum absolute atomic E-state index is 0.0307. The smallest absolute Gasteiger partial charge is 0.244 e. The molecule has 1 aromatic carbocycles. The lowest BCUT2D eigenvalue weighted by Crippen LogP contribution is -2.43. The Bertz CT molecular complexity index is 799. The van der Waals surface area contributed by atoms with Crippen molar-refractivity contribution in [1.29, 1.82) is 0 Å². The van der Waals surface area contributed by atoms with Gasteiger partial charge in [-0.25, -0.2) is 13.1 Å². The first-order chi connectivity index (χ1) is 12.0. The number of nitrogens with zero attached hydrogens (tertiary/aromatic N) is 3. The highest BCUT2D eigenvalue weighted by atomic mass is 32.2. The van der Waals surface area contributed by atoms with E-state index in [1.807, 2.05) is 30.3 Å². The van der Waals surface area contributed by atoms with E-state index in [2.05, 4.69) is 14.7 Å². The number of hydrogen-bond donors (Lipinski definition) is 1. The molecule has 1 atom stereocenters. The van der Waals surface area contributed by atoms with E-state index in [0.29, 0.717) is 25.5 Å². The average molecular weight is 364 g/mol. The summed E-state index contributed by atoms with van der Waals surface area (Å²) in [6.45, 7) is 4.95. The number of rotatable bonds is 6. The van der Waals surface area contributed by atoms with Crippen LogP contribution in [-0.4, -0.2) is 55.9 Å². The molecule has 2 aromatic rings. The fourth-order valence-electron chi connectivity index (χ4n) is 3.03. The zero-order valence-electron chi connectivity index (χ0n) is 14.6. The van der Waals surface area contributed by atoms with Gasteiger partial charge in [0, 0.05) is 32.7 Å². The highest BCUT2D eigenvalue weighted by Gasteiger charge is 2.26. The van der Waals surface area contributed by atoms with E-state index < -0.39 is 10.0 Å². The van der Waals surface area contributed by atoms with Crippen LogP contribution in [0, 0.1) is 6.92 Å². The van der Waals surface area contributed by atoms with Crippen LogP contribution in [0.1, 0.15) is 17.3 Å². The summed E-state index contributed by atoms with van der Waals surface area (Å²) in [4.78, 5) is 2.49. The molecule has 8 heteroatoms. The van der Waals surface area contributed by atoms with Crippen molar-refractivity contribution >= 4 is 10.0 Å². The largest absolute Gasteiger partial charge is 0.379 e. The van der Waals surface area contributed by atoms with Gasteiger partial charge in [0.2, 0.25) is 10.0 Å². The number of hydrogen-bond acceptors (Lipinski definition) is 5. The molecule has 0 spiro atoms. The van der Waals surface area contributed by atoms with Gasteiger partial charge >= 0.3 is 0 Å². The van der Waals surface area contributed by atoms with E-state index in [0.717, 1.165) is 18.7 Å². The summed E-state index contributed by atoms with van der Waals surface area (Å²) in [6, 6.07) is 9.94. The van der Waals surface area contributed by atoms with Gasteiger partial charge in [0.25, 0.3) is 0 Å². The van der Waals surface area contributed by atoms with Gasteiger partial charge in [0.05, 0.1) is 25.1 Å². The zero-order chi connectivity index (χ0) is 17.9. The summed E-state index contributed by atoms with van der Waals surface area (Å²) in [6.07, 6.45) is 1.39. The van der Waals surface area contributed by atoms with Crippen LogP contribution in [-0.2, 0) is 21.8 Å². The molecule has 7 nitrogen and oxygen atoms in total. The molecule has 1 aromatic heterocycles. The maximum absolute atomic E-state index is 12.7. The van der Waals surface area contributed by atoms with E-state index in [-0.39, 0.29) is 10.9 Å². The Morgan fingerprint density at radius 1 is 1.24 bits per heavy atom. The van der Waals surface area contributed by atoms with Crippen LogP contribution in [0.3, 0.4) is 0 Å². The van der Waals surface area contributed by atoms with Crippen molar-refractivity contribution in [3.63, 3.8) is 0 Å². The Morgan fingerprint density at radius 2 is 1.92 bits per heavy atom.